The number of carbonyl (C=O) groups excluding carboxylic acids is 1. The van der Waals surface area contributed by atoms with Crippen molar-refractivity contribution in [3.63, 3.8) is 0 Å². The van der Waals surface area contributed by atoms with Gasteiger partial charge in [0, 0.05) is 5.69 Å². The lowest BCUT2D eigenvalue weighted by atomic mass is 10.2. The van der Waals surface area contributed by atoms with Gasteiger partial charge in [-0.25, -0.2) is 0 Å². The third kappa shape index (κ3) is 4.10. The van der Waals surface area contributed by atoms with Crippen molar-refractivity contribution in [3.05, 3.63) is 69.8 Å². The van der Waals surface area contributed by atoms with Crippen molar-refractivity contribution in [1.29, 1.82) is 0 Å². The minimum Gasteiger partial charge on any atom is -0.435 e. The smallest absolute Gasteiger partial charge is 0.387 e. The second-order valence-electron chi connectivity index (χ2n) is 4.95. The van der Waals surface area contributed by atoms with E-state index in [2.05, 4.69) is 15.0 Å². The summed E-state index contributed by atoms with van der Waals surface area (Å²) in [6.07, 6.45) is 0. The number of alkyl halides is 2. The maximum atomic E-state index is 12.2. The van der Waals surface area contributed by atoms with E-state index < -0.39 is 18.1 Å². The Morgan fingerprint density at radius 1 is 1.12 bits per heavy atom. The van der Waals surface area contributed by atoms with E-state index in [1.54, 1.807) is 6.07 Å². The number of ether oxygens (including phenoxy) is 1. The molecule has 0 aliphatic rings. The average molecular weight is 362 g/mol. The fourth-order valence-electron chi connectivity index (χ4n) is 2.15. The van der Waals surface area contributed by atoms with Crippen LogP contribution in [0, 0.1) is 0 Å². The quantitative estimate of drug-likeness (QED) is 0.722. The number of rotatable bonds is 5. The van der Waals surface area contributed by atoms with Crippen LogP contribution in [0.15, 0.2) is 58.7 Å². The van der Waals surface area contributed by atoms with Gasteiger partial charge in [-0.2, -0.15) is 8.78 Å². The summed E-state index contributed by atoms with van der Waals surface area (Å²) in [4.78, 5) is 27.9. The third-order valence-electron chi connectivity index (χ3n) is 3.28. The van der Waals surface area contributed by atoms with Gasteiger partial charge in [-0.1, -0.05) is 6.07 Å². The van der Waals surface area contributed by atoms with Crippen LogP contribution in [-0.2, 0) is 0 Å². The van der Waals surface area contributed by atoms with Gasteiger partial charge in [-0.3, -0.25) is 9.59 Å². The molecule has 0 fully saturated rings. The van der Waals surface area contributed by atoms with Crippen LogP contribution in [0.2, 0.25) is 0 Å². The van der Waals surface area contributed by atoms with E-state index in [9.17, 15) is 18.4 Å². The van der Waals surface area contributed by atoms with Crippen molar-refractivity contribution in [1.82, 2.24) is 4.98 Å². The highest BCUT2D eigenvalue weighted by atomic mass is 32.1. The molecule has 1 aromatic carbocycles. The van der Waals surface area contributed by atoms with Crippen molar-refractivity contribution >= 4 is 22.9 Å². The number of halogens is 2. The summed E-state index contributed by atoms with van der Waals surface area (Å²) >= 11 is 1.47. The molecule has 0 aliphatic carbocycles. The van der Waals surface area contributed by atoms with Crippen LogP contribution in [0.25, 0.3) is 10.6 Å². The molecule has 0 saturated carbocycles. The number of thiophene rings is 1. The zero-order chi connectivity index (χ0) is 17.8. The topological polar surface area (TPSA) is 71.2 Å². The number of hydrogen-bond acceptors (Lipinski definition) is 4. The summed E-state index contributed by atoms with van der Waals surface area (Å²) < 4.78 is 28.4. The van der Waals surface area contributed by atoms with Crippen molar-refractivity contribution in [2.24, 2.45) is 0 Å². The van der Waals surface area contributed by atoms with Crippen molar-refractivity contribution < 1.29 is 18.3 Å². The molecule has 25 heavy (non-hydrogen) atoms. The lowest BCUT2D eigenvalue weighted by molar-refractivity contribution is -0.0498. The number of aromatic amines is 1. The maximum absolute atomic E-state index is 12.2. The summed E-state index contributed by atoms with van der Waals surface area (Å²) in [7, 11) is 0. The number of pyridine rings is 1. The largest absolute Gasteiger partial charge is 0.435 e. The average Bonchev–Trinajstić information content (AvgIpc) is 3.10. The maximum Gasteiger partial charge on any atom is 0.387 e. The number of H-pyrrole nitrogens is 1. The van der Waals surface area contributed by atoms with Crippen LogP contribution in [0.1, 0.15) is 10.4 Å². The zero-order valence-corrected chi connectivity index (χ0v) is 13.5. The van der Waals surface area contributed by atoms with Crippen molar-refractivity contribution in [3.8, 4) is 16.3 Å². The Balaban J connectivity index is 1.74. The number of hydrogen-bond donors (Lipinski definition) is 2. The summed E-state index contributed by atoms with van der Waals surface area (Å²) in [6.45, 7) is -2.92. The van der Waals surface area contributed by atoms with Gasteiger partial charge in [0.2, 0.25) is 0 Å². The van der Waals surface area contributed by atoms with E-state index in [0.29, 0.717) is 11.4 Å². The lowest BCUT2D eigenvalue weighted by Gasteiger charge is -2.07. The number of benzene rings is 1. The van der Waals surface area contributed by atoms with Gasteiger partial charge in [0.15, 0.2) is 0 Å². The molecule has 2 heterocycles. The Morgan fingerprint density at radius 2 is 1.88 bits per heavy atom. The number of nitrogens with one attached hydrogen (secondary N) is 2. The zero-order valence-electron chi connectivity index (χ0n) is 12.7. The molecule has 0 bridgehead atoms. The third-order valence-corrected chi connectivity index (χ3v) is 4.18. The highest BCUT2D eigenvalue weighted by Crippen LogP contribution is 2.22. The molecule has 2 N–H and O–H groups in total. The molecule has 5 nitrogen and oxygen atoms in total. The molecule has 0 atom stereocenters. The Kier molecular flexibility index (Phi) is 4.90. The second kappa shape index (κ2) is 7.27. The van der Waals surface area contributed by atoms with Crippen LogP contribution in [0.5, 0.6) is 5.75 Å². The van der Waals surface area contributed by atoms with Gasteiger partial charge >= 0.3 is 6.61 Å². The molecule has 3 rings (SSSR count). The summed E-state index contributed by atoms with van der Waals surface area (Å²) in [5.74, 6) is -0.618. The molecule has 8 heteroatoms. The van der Waals surface area contributed by atoms with E-state index in [4.69, 9.17) is 0 Å². The van der Waals surface area contributed by atoms with Crippen molar-refractivity contribution in [2.45, 2.75) is 6.61 Å². The van der Waals surface area contributed by atoms with Crippen LogP contribution in [0.4, 0.5) is 14.5 Å². The van der Waals surface area contributed by atoms with Gasteiger partial charge in [-0.15, -0.1) is 11.3 Å². The molecule has 0 saturated heterocycles. The molecule has 128 valence electrons. The number of anilines is 1. The molecule has 0 aliphatic heterocycles. The highest BCUT2D eigenvalue weighted by Gasteiger charge is 2.12. The summed E-state index contributed by atoms with van der Waals surface area (Å²) in [6, 6.07) is 12.2. The van der Waals surface area contributed by atoms with Crippen LogP contribution in [0.3, 0.4) is 0 Å². The fourth-order valence-corrected chi connectivity index (χ4v) is 2.85. The molecule has 0 radical (unpaired) electrons. The SMILES string of the molecule is O=C(Nc1ccc(OC(F)F)cc1)c1ccc(-c2cccs2)[nH]c1=O. The molecule has 0 spiro atoms. The highest BCUT2D eigenvalue weighted by molar-refractivity contribution is 7.13. The molecule has 2 aromatic heterocycles. The first-order valence-electron chi connectivity index (χ1n) is 7.16. The minimum absolute atomic E-state index is 0.0221. The minimum atomic E-state index is -2.92. The first-order chi connectivity index (χ1) is 12.0. The van der Waals surface area contributed by atoms with Gasteiger partial charge in [0.1, 0.15) is 11.3 Å². The van der Waals surface area contributed by atoms with Gasteiger partial charge in [0.05, 0.1) is 10.6 Å². The predicted molar refractivity (Wildman–Crippen MR) is 91.4 cm³/mol. The van der Waals surface area contributed by atoms with Crippen molar-refractivity contribution in [2.75, 3.05) is 5.32 Å². The van der Waals surface area contributed by atoms with E-state index in [1.165, 1.54) is 41.7 Å². The Hall–Kier alpha value is -3.00. The summed E-state index contributed by atoms with van der Waals surface area (Å²) in [5.41, 5.74) is 0.424. The van der Waals surface area contributed by atoms with E-state index >= 15 is 0 Å². The Morgan fingerprint density at radius 3 is 2.48 bits per heavy atom. The number of aromatic nitrogens is 1. The molecule has 3 aromatic rings. The van der Waals surface area contributed by atoms with E-state index in [1.807, 2.05) is 17.5 Å². The van der Waals surface area contributed by atoms with Crippen LogP contribution < -0.4 is 15.6 Å². The van der Waals surface area contributed by atoms with Crippen LogP contribution in [-0.4, -0.2) is 17.5 Å². The van der Waals surface area contributed by atoms with Gasteiger partial charge < -0.3 is 15.0 Å². The fraction of sp³-hybridized carbons (Fsp3) is 0.0588. The molecular formula is C17H12F2N2O3S. The number of carbonyl (C=O) groups is 1. The first kappa shape index (κ1) is 16.8. The molecule has 0 unspecified atom stereocenters. The predicted octanol–water partition coefficient (Wildman–Crippen LogP) is 3.96. The standard InChI is InChI=1S/C17H12F2N2O3S/c18-17(19)24-11-5-3-10(4-6-11)20-15(22)12-7-8-13(21-16(12)23)14-2-1-9-25-14/h1-9,17H,(H,20,22)(H,21,23). The monoisotopic (exact) mass is 362 g/mol. The Bertz CT molecular complexity index is 922. The molecule has 1 amide bonds. The number of amides is 1. The van der Waals surface area contributed by atoms with Gasteiger partial charge in [-0.05, 0) is 47.8 Å². The Labute approximate surface area is 144 Å². The summed E-state index contributed by atoms with van der Waals surface area (Å²) in [5, 5.41) is 4.42. The van der Waals surface area contributed by atoms with Gasteiger partial charge in [0.25, 0.3) is 11.5 Å². The molecular weight excluding hydrogens is 350 g/mol. The van der Waals surface area contributed by atoms with E-state index in [0.717, 1.165) is 4.88 Å². The van der Waals surface area contributed by atoms with E-state index in [-0.39, 0.29) is 11.3 Å². The normalized spacial score (nSPS) is 10.7. The van der Waals surface area contributed by atoms with Crippen LogP contribution >= 0.6 is 11.3 Å². The lowest BCUT2D eigenvalue weighted by Crippen LogP contribution is -2.23. The first-order valence-corrected chi connectivity index (χ1v) is 8.04. The second-order valence-corrected chi connectivity index (χ2v) is 5.90.